The van der Waals surface area contributed by atoms with Crippen LogP contribution in [0.2, 0.25) is 0 Å². The fraction of sp³-hybridized carbons (Fsp3) is 0.389. The molecule has 2 saturated heterocycles. The fourth-order valence-corrected chi connectivity index (χ4v) is 4.15. The van der Waals surface area contributed by atoms with Crippen LogP contribution in [0.4, 0.5) is 0 Å². The van der Waals surface area contributed by atoms with Gasteiger partial charge in [0.05, 0.1) is 4.91 Å². The molecular weight excluding hydrogens is 340 g/mol. The maximum Gasteiger partial charge on any atom is 0.266 e. The number of aryl methyl sites for hydroxylation is 1. The molecule has 2 aliphatic rings. The molecule has 2 amide bonds. The number of thiocarbonyl (C=S) groups is 1. The molecule has 1 aromatic rings. The predicted molar refractivity (Wildman–Crippen MR) is 101 cm³/mol. The van der Waals surface area contributed by atoms with Gasteiger partial charge in [0.2, 0.25) is 5.91 Å². The molecule has 24 heavy (non-hydrogen) atoms. The van der Waals surface area contributed by atoms with Gasteiger partial charge in [-0.1, -0.05) is 53.8 Å². The number of rotatable bonds is 4. The van der Waals surface area contributed by atoms with Crippen LogP contribution in [0.1, 0.15) is 30.4 Å². The van der Waals surface area contributed by atoms with Gasteiger partial charge in [-0.25, -0.2) is 0 Å². The van der Waals surface area contributed by atoms with Gasteiger partial charge < -0.3 is 4.90 Å². The summed E-state index contributed by atoms with van der Waals surface area (Å²) >= 11 is 6.63. The molecule has 126 valence electrons. The van der Waals surface area contributed by atoms with Crippen molar-refractivity contribution in [2.75, 3.05) is 19.6 Å². The Kier molecular flexibility index (Phi) is 5.36. The van der Waals surface area contributed by atoms with E-state index in [4.69, 9.17) is 12.2 Å². The highest BCUT2D eigenvalue weighted by Gasteiger charge is 2.32. The Bertz CT molecular complexity index is 691. The predicted octanol–water partition coefficient (Wildman–Crippen LogP) is 3.21. The van der Waals surface area contributed by atoms with Crippen LogP contribution in [-0.4, -0.2) is 45.6 Å². The molecule has 0 N–H and O–H groups in total. The molecule has 0 atom stereocenters. The molecule has 0 unspecified atom stereocenters. The monoisotopic (exact) mass is 360 g/mol. The van der Waals surface area contributed by atoms with Gasteiger partial charge >= 0.3 is 0 Å². The van der Waals surface area contributed by atoms with Gasteiger partial charge in [-0.2, -0.15) is 0 Å². The van der Waals surface area contributed by atoms with Crippen molar-refractivity contribution in [2.24, 2.45) is 0 Å². The van der Waals surface area contributed by atoms with Crippen LogP contribution < -0.4 is 0 Å². The second kappa shape index (κ2) is 7.49. The zero-order valence-electron chi connectivity index (χ0n) is 13.7. The molecule has 3 rings (SSSR count). The normalized spacial score (nSPS) is 19.6. The van der Waals surface area contributed by atoms with E-state index < -0.39 is 0 Å². The van der Waals surface area contributed by atoms with E-state index in [1.165, 1.54) is 17.3 Å². The van der Waals surface area contributed by atoms with E-state index in [1.807, 2.05) is 42.2 Å². The molecule has 6 heteroatoms. The van der Waals surface area contributed by atoms with Crippen LogP contribution in [0.15, 0.2) is 29.2 Å². The minimum atomic E-state index is -0.0974. The van der Waals surface area contributed by atoms with Crippen LogP contribution in [0.25, 0.3) is 6.08 Å². The van der Waals surface area contributed by atoms with Gasteiger partial charge in [-0.3, -0.25) is 14.5 Å². The Morgan fingerprint density at radius 1 is 1.25 bits per heavy atom. The number of carbonyl (C=O) groups excluding carboxylic acids is 2. The third-order valence-electron chi connectivity index (χ3n) is 4.26. The topological polar surface area (TPSA) is 40.6 Å². The number of likely N-dealkylation sites (tertiary alicyclic amines) is 1. The summed E-state index contributed by atoms with van der Waals surface area (Å²) in [5, 5.41) is 0. The van der Waals surface area contributed by atoms with Crippen molar-refractivity contribution in [2.45, 2.75) is 26.2 Å². The Hall–Kier alpha value is -1.66. The molecule has 0 aliphatic carbocycles. The van der Waals surface area contributed by atoms with Crippen molar-refractivity contribution in [3.63, 3.8) is 0 Å². The average molecular weight is 361 g/mol. The van der Waals surface area contributed by atoms with Crippen LogP contribution in [-0.2, 0) is 9.59 Å². The second-order valence-electron chi connectivity index (χ2n) is 6.08. The average Bonchev–Trinajstić information content (AvgIpc) is 3.18. The molecule has 2 heterocycles. The maximum atomic E-state index is 12.5. The van der Waals surface area contributed by atoms with Crippen LogP contribution >= 0.6 is 24.0 Å². The number of thioether (sulfide) groups is 1. The minimum Gasteiger partial charge on any atom is -0.343 e. The lowest BCUT2D eigenvalue weighted by Crippen LogP contribution is -2.34. The second-order valence-corrected chi connectivity index (χ2v) is 7.76. The SMILES string of the molecule is Cc1ccc(/C=C2/SC(=S)N(CCC(=O)N3CCCC3)C2=O)cc1. The number of benzene rings is 1. The van der Waals surface area contributed by atoms with Crippen LogP contribution in [0.5, 0.6) is 0 Å². The van der Waals surface area contributed by atoms with Gasteiger partial charge in [0.25, 0.3) is 5.91 Å². The Labute approximate surface area is 151 Å². The summed E-state index contributed by atoms with van der Waals surface area (Å²) in [4.78, 5) is 28.7. The first-order valence-electron chi connectivity index (χ1n) is 8.14. The molecule has 0 bridgehead atoms. The van der Waals surface area contributed by atoms with Gasteiger partial charge in [0, 0.05) is 26.1 Å². The summed E-state index contributed by atoms with van der Waals surface area (Å²) in [6, 6.07) is 8.00. The zero-order valence-corrected chi connectivity index (χ0v) is 15.3. The van der Waals surface area contributed by atoms with Crippen molar-refractivity contribution >= 4 is 46.2 Å². The standard InChI is InChI=1S/C18H20N2O2S2/c1-13-4-6-14(7-5-13)12-15-17(22)20(18(23)24-15)11-8-16(21)19-9-2-3-10-19/h4-7,12H,2-3,8-11H2,1H3/b15-12+. The summed E-state index contributed by atoms with van der Waals surface area (Å²) in [7, 11) is 0. The van der Waals surface area contributed by atoms with Crippen LogP contribution in [0.3, 0.4) is 0 Å². The van der Waals surface area contributed by atoms with Gasteiger partial charge in [-0.05, 0) is 31.4 Å². The van der Waals surface area contributed by atoms with Crippen molar-refractivity contribution in [1.29, 1.82) is 0 Å². The molecule has 0 radical (unpaired) electrons. The Morgan fingerprint density at radius 3 is 2.58 bits per heavy atom. The first kappa shape index (κ1) is 17.2. The summed E-state index contributed by atoms with van der Waals surface area (Å²) in [6.45, 7) is 4.07. The third-order valence-corrected chi connectivity index (χ3v) is 5.63. The highest BCUT2D eigenvalue weighted by Crippen LogP contribution is 2.32. The summed E-state index contributed by atoms with van der Waals surface area (Å²) < 4.78 is 0.535. The number of nitrogens with zero attached hydrogens (tertiary/aromatic N) is 2. The van der Waals surface area contributed by atoms with E-state index in [-0.39, 0.29) is 11.8 Å². The smallest absolute Gasteiger partial charge is 0.266 e. The Morgan fingerprint density at radius 2 is 1.92 bits per heavy atom. The summed E-state index contributed by atoms with van der Waals surface area (Å²) in [5.74, 6) is 0.0175. The molecule has 0 saturated carbocycles. The maximum absolute atomic E-state index is 12.5. The molecule has 2 aliphatic heterocycles. The molecule has 2 fully saturated rings. The van der Waals surface area contributed by atoms with Crippen LogP contribution in [0, 0.1) is 6.92 Å². The summed E-state index contributed by atoms with van der Waals surface area (Å²) in [5.41, 5.74) is 2.16. The van der Waals surface area contributed by atoms with E-state index >= 15 is 0 Å². The molecular formula is C18H20N2O2S2. The number of amides is 2. The van der Waals surface area contributed by atoms with Gasteiger partial charge in [0.1, 0.15) is 4.32 Å². The molecule has 0 spiro atoms. The van der Waals surface area contributed by atoms with E-state index in [9.17, 15) is 9.59 Å². The lowest BCUT2D eigenvalue weighted by Gasteiger charge is -2.18. The van der Waals surface area contributed by atoms with Crippen molar-refractivity contribution in [3.05, 3.63) is 40.3 Å². The highest BCUT2D eigenvalue weighted by molar-refractivity contribution is 8.26. The number of hydrogen-bond donors (Lipinski definition) is 0. The van der Waals surface area contributed by atoms with E-state index in [0.29, 0.717) is 22.2 Å². The quantitative estimate of drug-likeness (QED) is 0.611. The first-order chi connectivity index (χ1) is 11.5. The zero-order chi connectivity index (χ0) is 17.1. The first-order valence-corrected chi connectivity index (χ1v) is 9.37. The molecule has 1 aromatic carbocycles. The lowest BCUT2D eigenvalue weighted by molar-refractivity contribution is -0.130. The largest absolute Gasteiger partial charge is 0.343 e. The van der Waals surface area contributed by atoms with Crippen molar-refractivity contribution in [1.82, 2.24) is 9.80 Å². The van der Waals surface area contributed by atoms with Gasteiger partial charge in [0.15, 0.2) is 0 Å². The highest BCUT2D eigenvalue weighted by atomic mass is 32.2. The summed E-state index contributed by atoms with van der Waals surface area (Å²) in [6.07, 6.45) is 4.35. The van der Waals surface area contributed by atoms with E-state index in [0.717, 1.165) is 31.5 Å². The van der Waals surface area contributed by atoms with Gasteiger partial charge in [-0.15, -0.1) is 0 Å². The lowest BCUT2D eigenvalue weighted by atomic mass is 10.1. The molecule has 4 nitrogen and oxygen atoms in total. The van der Waals surface area contributed by atoms with E-state index in [1.54, 1.807) is 4.90 Å². The van der Waals surface area contributed by atoms with E-state index in [2.05, 4.69) is 0 Å². The number of hydrogen-bond acceptors (Lipinski definition) is 4. The molecule has 0 aromatic heterocycles. The van der Waals surface area contributed by atoms with Crippen molar-refractivity contribution < 1.29 is 9.59 Å². The fourth-order valence-electron chi connectivity index (χ4n) is 2.84. The Balaban J connectivity index is 1.63. The van der Waals surface area contributed by atoms with Crippen molar-refractivity contribution in [3.8, 4) is 0 Å². The minimum absolute atomic E-state index is 0.0974. The third kappa shape index (κ3) is 3.87. The number of carbonyl (C=O) groups is 2.